The highest BCUT2D eigenvalue weighted by molar-refractivity contribution is 5.42. The fourth-order valence-electron chi connectivity index (χ4n) is 4.08. The van der Waals surface area contributed by atoms with E-state index in [1.165, 1.54) is 12.8 Å². The second-order valence-electron chi connectivity index (χ2n) is 7.21. The van der Waals surface area contributed by atoms with Gasteiger partial charge in [0, 0.05) is 37.8 Å². The van der Waals surface area contributed by atoms with Gasteiger partial charge in [-0.3, -0.25) is 9.88 Å². The Hall–Kier alpha value is -2.05. The predicted octanol–water partition coefficient (Wildman–Crippen LogP) is 1.99. The van der Waals surface area contributed by atoms with Crippen LogP contribution in [0.3, 0.4) is 0 Å². The molecule has 2 aromatic rings. The zero-order chi connectivity index (χ0) is 17.0. The summed E-state index contributed by atoms with van der Waals surface area (Å²) in [7, 11) is 0. The molecule has 0 amide bonds. The second-order valence-corrected chi connectivity index (χ2v) is 7.21. The van der Waals surface area contributed by atoms with Crippen molar-refractivity contribution in [1.82, 2.24) is 19.9 Å². The first-order valence-corrected chi connectivity index (χ1v) is 9.03. The molecule has 0 radical (unpaired) electrons. The maximum Gasteiger partial charge on any atom is 0.115 e. The number of ether oxygens (including phenoxy) is 1. The maximum absolute atomic E-state index is 6.01. The van der Waals surface area contributed by atoms with Crippen molar-refractivity contribution < 1.29 is 4.74 Å². The zero-order valence-electron chi connectivity index (χ0n) is 14.5. The van der Waals surface area contributed by atoms with Gasteiger partial charge in [-0.15, -0.1) is 0 Å². The normalized spacial score (nSPS) is 25.0. The van der Waals surface area contributed by atoms with E-state index in [0.717, 1.165) is 57.3 Å². The van der Waals surface area contributed by atoms with Crippen LogP contribution in [0.5, 0.6) is 0 Å². The van der Waals surface area contributed by atoms with Gasteiger partial charge < -0.3 is 9.64 Å². The van der Waals surface area contributed by atoms with Gasteiger partial charge in [0.1, 0.15) is 6.33 Å². The molecular weight excluding hydrogens is 314 g/mol. The molecule has 0 aromatic carbocycles. The maximum atomic E-state index is 6.01. The van der Waals surface area contributed by atoms with E-state index < -0.39 is 0 Å². The first-order valence-electron chi connectivity index (χ1n) is 9.03. The minimum absolute atomic E-state index is 0.166. The lowest BCUT2D eigenvalue weighted by Gasteiger charge is -2.43. The van der Waals surface area contributed by atoms with Gasteiger partial charge in [0.15, 0.2) is 0 Å². The summed E-state index contributed by atoms with van der Waals surface area (Å²) in [4.78, 5) is 17.8. The van der Waals surface area contributed by atoms with E-state index in [1.54, 1.807) is 6.33 Å². The Labute approximate surface area is 148 Å². The van der Waals surface area contributed by atoms with Crippen molar-refractivity contribution in [2.24, 2.45) is 5.41 Å². The first kappa shape index (κ1) is 16.4. The lowest BCUT2D eigenvalue weighted by molar-refractivity contribution is 0.0103. The Morgan fingerprint density at radius 2 is 2.04 bits per heavy atom. The number of aromatic nitrogens is 3. The fourth-order valence-corrected chi connectivity index (χ4v) is 4.08. The van der Waals surface area contributed by atoms with Crippen LogP contribution in [0.15, 0.2) is 43.1 Å². The van der Waals surface area contributed by atoms with E-state index in [0.29, 0.717) is 0 Å². The van der Waals surface area contributed by atoms with Gasteiger partial charge in [-0.25, -0.2) is 9.97 Å². The van der Waals surface area contributed by atoms with Crippen LogP contribution in [0.4, 0.5) is 5.69 Å². The largest absolute Gasteiger partial charge is 0.379 e. The molecule has 2 fully saturated rings. The van der Waals surface area contributed by atoms with Gasteiger partial charge in [-0.1, -0.05) is 6.07 Å². The van der Waals surface area contributed by atoms with Crippen LogP contribution >= 0.6 is 0 Å². The molecule has 4 heterocycles. The van der Waals surface area contributed by atoms with Crippen molar-refractivity contribution in [2.75, 3.05) is 44.3 Å². The summed E-state index contributed by atoms with van der Waals surface area (Å²) in [6.07, 6.45) is 9.68. The molecule has 0 aliphatic carbocycles. The van der Waals surface area contributed by atoms with E-state index in [4.69, 9.17) is 4.74 Å². The van der Waals surface area contributed by atoms with Crippen molar-refractivity contribution in [2.45, 2.75) is 19.4 Å². The highest BCUT2D eigenvalue weighted by Gasteiger charge is 2.39. The molecule has 0 saturated carbocycles. The SMILES string of the molecule is c1ccc(CN2CCCC3(COCCN(c4cncnc4)C3)C2)nc1. The van der Waals surface area contributed by atoms with Crippen LogP contribution in [-0.2, 0) is 11.3 Å². The molecule has 6 heteroatoms. The Morgan fingerprint density at radius 3 is 2.88 bits per heavy atom. The average Bonchev–Trinajstić information content (AvgIpc) is 2.86. The van der Waals surface area contributed by atoms with Gasteiger partial charge in [-0.05, 0) is 31.5 Å². The number of rotatable bonds is 3. The van der Waals surface area contributed by atoms with Crippen molar-refractivity contribution in [1.29, 1.82) is 0 Å². The van der Waals surface area contributed by atoms with Crippen LogP contribution in [0.1, 0.15) is 18.5 Å². The van der Waals surface area contributed by atoms with Gasteiger partial charge in [-0.2, -0.15) is 0 Å². The topological polar surface area (TPSA) is 54.4 Å². The van der Waals surface area contributed by atoms with E-state index >= 15 is 0 Å². The molecule has 1 spiro atoms. The summed E-state index contributed by atoms with van der Waals surface area (Å²) < 4.78 is 6.01. The summed E-state index contributed by atoms with van der Waals surface area (Å²) in [5.41, 5.74) is 2.40. The van der Waals surface area contributed by atoms with Crippen LogP contribution in [0.25, 0.3) is 0 Å². The third-order valence-electron chi connectivity index (χ3n) is 5.20. The summed E-state index contributed by atoms with van der Waals surface area (Å²) in [5.74, 6) is 0. The van der Waals surface area contributed by atoms with E-state index in [2.05, 4.69) is 36.9 Å². The Kier molecular flexibility index (Phi) is 4.90. The molecule has 2 aliphatic rings. The third-order valence-corrected chi connectivity index (χ3v) is 5.20. The van der Waals surface area contributed by atoms with Crippen molar-refractivity contribution in [3.8, 4) is 0 Å². The summed E-state index contributed by atoms with van der Waals surface area (Å²) in [6, 6.07) is 6.15. The quantitative estimate of drug-likeness (QED) is 0.852. The van der Waals surface area contributed by atoms with Gasteiger partial charge in [0.2, 0.25) is 0 Å². The van der Waals surface area contributed by atoms with Crippen molar-refractivity contribution >= 4 is 5.69 Å². The zero-order valence-corrected chi connectivity index (χ0v) is 14.5. The summed E-state index contributed by atoms with van der Waals surface area (Å²) in [6.45, 7) is 6.58. The molecule has 1 unspecified atom stereocenters. The second kappa shape index (κ2) is 7.45. The standard InChI is InChI=1S/C19H25N5O/c1-2-6-22-17(4-1)12-23-7-3-5-19(13-23)14-24(8-9-25-15-19)18-10-20-16-21-11-18/h1-2,4,6,10-11,16H,3,5,7-9,12-15H2. The Bertz CT molecular complexity index is 668. The van der Waals surface area contributed by atoms with Crippen LogP contribution in [0, 0.1) is 5.41 Å². The Balaban J connectivity index is 1.49. The minimum atomic E-state index is 0.166. The molecule has 25 heavy (non-hydrogen) atoms. The fraction of sp³-hybridized carbons (Fsp3) is 0.526. The van der Waals surface area contributed by atoms with Crippen LogP contribution < -0.4 is 4.90 Å². The molecular formula is C19H25N5O. The van der Waals surface area contributed by atoms with Crippen molar-refractivity contribution in [3.05, 3.63) is 48.8 Å². The number of hydrogen-bond donors (Lipinski definition) is 0. The number of nitrogens with zero attached hydrogens (tertiary/aromatic N) is 5. The lowest BCUT2D eigenvalue weighted by atomic mass is 9.80. The number of piperidine rings is 1. The highest BCUT2D eigenvalue weighted by atomic mass is 16.5. The monoisotopic (exact) mass is 339 g/mol. The highest BCUT2D eigenvalue weighted by Crippen LogP contribution is 2.34. The van der Waals surface area contributed by atoms with Crippen molar-refractivity contribution in [3.63, 3.8) is 0 Å². The number of pyridine rings is 1. The molecule has 0 N–H and O–H groups in total. The molecule has 2 aromatic heterocycles. The summed E-state index contributed by atoms with van der Waals surface area (Å²) in [5, 5.41) is 0. The van der Waals surface area contributed by atoms with Gasteiger partial charge in [0.25, 0.3) is 0 Å². The third kappa shape index (κ3) is 3.96. The van der Waals surface area contributed by atoms with E-state index in [1.807, 2.05) is 24.7 Å². The molecule has 1 atom stereocenters. The van der Waals surface area contributed by atoms with Crippen LogP contribution in [0.2, 0.25) is 0 Å². The number of likely N-dealkylation sites (tertiary alicyclic amines) is 1. The number of hydrogen-bond acceptors (Lipinski definition) is 6. The predicted molar refractivity (Wildman–Crippen MR) is 96.2 cm³/mol. The van der Waals surface area contributed by atoms with Gasteiger partial charge >= 0.3 is 0 Å². The van der Waals surface area contributed by atoms with E-state index in [9.17, 15) is 0 Å². The summed E-state index contributed by atoms with van der Waals surface area (Å²) >= 11 is 0. The average molecular weight is 339 g/mol. The molecule has 132 valence electrons. The molecule has 6 nitrogen and oxygen atoms in total. The molecule has 4 rings (SSSR count). The lowest BCUT2D eigenvalue weighted by Crippen LogP contribution is -2.50. The van der Waals surface area contributed by atoms with Gasteiger partial charge in [0.05, 0.1) is 37.0 Å². The smallest absolute Gasteiger partial charge is 0.115 e. The molecule has 0 bridgehead atoms. The molecule has 2 saturated heterocycles. The Morgan fingerprint density at radius 1 is 1.12 bits per heavy atom. The van der Waals surface area contributed by atoms with E-state index in [-0.39, 0.29) is 5.41 Å². The number of anilines is 1. The van der Waals surface area contributed by atoms with Crippen LogP contribution in [-0.4, -0.2) is 59.2 Å². The first-order chi connectivity index (χ1) is 12.3. The molecule has 2 aliphatic heterocycles. The minimum Gasteiger partial charge on any atom is -0.379 e.